The minimum atomic E-state index is -0.484. The molecular formula is C12H16O3S. The lowest BCUT2D eigenvalue weighted by Crippen LogP contribution is -2.22. The molecule has 0 aliphatic carbocycles. The maximum Gasteiger partial charge on any atom is 0.339 e. The molecule has 0 saturated carbocycles. The molecule has 1 rings (SSSR count). The Balaban J connectivity index is 3.04. The van der Waals surface area contributed by atoms with Gasteiger partial charge in [0.05, 0.1) is 12.2 Å². The van der Waals surface area contributed by atoms with Crippen LogP contribution in [-0.4, -0.2) is 18.4 Å². The molecule has 1 aromatic rings. The lowest BCUT2D eigenvalue weighted by atomic mass is 9.86. The molecule has 0 bridgehead atoms. The van der Waals surface area contributed by atoms with Crippen LogP contribution in [-0.2, 0) is 4.74 Å². The van der Waals surface area contributed by atoms with Gasteiger partial charge in [-0.2, -0.15) is 11.3 Å². The quantitative estimate of drug-likeness (QED) is 0.602. The second kappa shape index (κ2) is 4.78. The number of ketones is 1. The number of rotatable bonds is 3. The molecule has 1 aromatic heterocycles. The fourth-order valence-electron chi connectivity index (χ4n) is 1.24. The maximum atomic E-state index is 12.1. The lowest BCUT2D eigenvalue weighted by Gasteiger charge is -2.16. The highest BCUT2D eigenvalue weighted by molar-refractivity contribution is 7.08. The zero-order chi connectivity index (χ0) is 12.3. The number of ether oxygens (including phenoxy) is 1. The van der Waals surface area contributed by atoms with Crippen molar-refractivity contribution >= 4 is 23.1 Å². The predicted octanol–water partition coefficient (Wildman–Crippen LogP) is 3.15. The van der Waals surface area contributed by atoms with Crippen molar-refractivity contribution in [2.45, 2.75) is 27.7 Å². The third-order valence-electron chi connectivity index (χ3n) is 2.08. The minimum absolute atomic E-state index is 0.0307. The highest BCUT2D eigenvalue weighted by atomic mass is 32.1. The molecule has 0 spiro atoms. The molecule has 0 amide bonds. The lowest BCUT2D eigenvalue weighted by molar-refractivity contribution is 0.0522. The van der Waals surface area contributed by atoms with E-state index in [4.69, 9.17) is 4.74 Å². The molecule has 16 heavy (non-hydrogen) atoms. The number of hydrogen-bond acceptors (Lipinski definition) is 4. The topological polar surface area (TPSA) is 43.4 Å². The summed E-state index contributed by atoms with van der Waals surface area (Å²) in [5.74, 6) is -0.451. The molecule has 0 N–H and O–H groups in total. The van der Waals surface area contributed by atoms with Crippen LogP contribution in [0.4, 0.5) is 0 Å². The highest BCUT2D eigenvalue weighted by Gasteiger charge is 2.28. The molecule has 0 atom stereocenters. The first-order valence-corrected chi connectivity index (χ1v) is 6.10. The highest BCUT2D eigenvalue weighted by Crippen LogP contribution is 2.26. The molecule has 0 aromatic carbocycles. The molecule has 0 aliphatic heterocycles. The van der Waals surface area contributed by atoms with Gasteiger partial charge in [0.2, 0.25) is 0 Å². The zero-order valence-electron chi connectivity index (χ0n) is 9.99. The first kappa shape index (κ1) is 12.9. The number of thiophene rings is 1. The van der Waals surface area contributed by atoms with Crippen LogP contribution in [0.5, 0.6) is 0 Å². The fourth-order valence-corrected chi connectivity index (χ4v) is 2.04. The Hall–Kier alpha value is -1.16. The molecule has 3 nitrogen and oxygen atoms in total. The van der Waals surface area contributed by atoms with Crippen LogP contribution in [0.1, 0.15) is 48.4 Å². The van der Waals surface area contributed by atoms with Crippen molar-refractivity contribution in [3.8, 4) is 0 Å². The van der Waals surface area contributed by atoms with Crippen molar-refractivity contribution in [1.82, 2.24) is 0 Å². The van der Waals surface area contributed by atoms with Crippen LogP contribution in [0.15, 0.2) is 10.8 Å². The summed E-state index contributed by atoms with van der Waals surface area (Å²) in [6.07, 6.45) is 0. The largest absolute Gasteiger partial charge is 0.462 e. The first-order valence-electron chi connectivity index (χ1n) is 5.16. The van der Waals surface area contributed by atoms with Crippen molar-refractivity contribution in [1.29, 1.82) is 0 Å². The van der Waals surface area contributed by atoms with Gasteiger partial charge in [-0.1, -0.05) is 20.8 Å². The van der Waals surface area contributed by atoms with Crippen LogP contribution in [0.3, 0.4) is 0 Å². The van der Waals surface area contributed by atoms with Crippen LogP contribution in [0.2, 0.25) is 0 Å². The van der Waals surface area contributed by atoms with Crippen molar-refractivity contribution in [3.63, 3.8) is 0 Å². The molecule has 0 saturated heterocycles. The molecule has 0 unspecified atom stereocenters. The van der Waals surface area contributed by atoms with E-state index in [1.54, 1.807) is 17.7 Å². The van der Waals surface area contributed by atoms with Gasteiger partial charge in [0.15, 0.2) is 5.78 Å². The average molecular weight is 240 g/mol. The van der Waals surface area contributed by atoms with Gasteiger partial charge in [0, 0.05) is 21.7 Å². The van der Waals surface area contributed by atoms with Crippen LogP contribution >= 0.6 is 11.3 Å². The second-order valence-electron chi connectivity index (χ2n) is 4.50. The van der Waals surface area contributed by atoms with E-state index in [0.29, 0.717) is 17.7 Å². The summed E-state index contributed by atoms with van der Waals surface area (Å²) in [7, 11) is 0. The van der Waals surface area contributed by atoms with E-state index in [1.165, 1.54) is 11.3 Å². The Bertz CT molecular complexity index is 399. The Morgan fingerprint density at radius 1 is 1.25 bits per heavy atom. The van der Waals surface area contributed by atoms with Crippen LogP contribution in [0, 0.1) is 5.41 Å². The number of Topliss-reactive ketones (excluding diaryl/α,β-unsaturated/α-hetero) is 1. The predicted molar refractivity (Wildman–Crippen MR) is 64.1 cm³/mol. The smallest absolute Gasteiger partial charge is 0.339 e. The summed E-state index contributed by atoms with van der Waals surface area (Å²) in [6.45, 7) is 7.57. The van der Waals surface area contributed by atoms with E-state index < -0.39 is 11.4 Å². The normalized spacial score (nSPS) is 11.2. The third-order valence-corrected chi connectivity index (χ3v) is 2.83. The van der Waals surface area contributed by atoms with Gasteiger partial charge >= 0.3 is 5.97 Å². The molecule has 0 fully saturated rings. The maximum absolute atomic E-state index is 12.1. The summed E-state index contributed by atoms with van der Waals surface area (Å²) < 4.78 is 4.91. The Morgan fingerprint density at radius 3 is 2.31 bits per heavy atom. The van der Waals surface area contributed by atoms with E-state index in [0.717, 1.165) is 0 Å². The molecule has 4 heteroatoms. The van der Waals surface area contributed by atoms with Gasteiger partial charge < -0.3 is 4.74 Å². The fraction of sp³-hybridized carbons (Fsp3) is 0.500. The number of hydrogen-bond donors (Lipinski definition) is 0. The standard InChI is InChI=1S/C12H16O3S/c1-5-15-11(14)9-7-16-6-8(9)10(13)12(2,3)4/h6-7H,5H2,1-4H3. The third kappa shape index (κ3) is 2.70. The van der Waals surface area contributed by atoms with Gasteiger partial charge in [0.25, 0.3) is 0 Å². The Labute approximate surface area is 99.4 Å². The zero-order valence-corrected chi connectivity index (χ0v) is 10.8. The van der Waals surface area contributed by atoms with E-state index in [-0.39, 0.29) is 5.78 Å². The molecule has 88 valence electrons. The summed E-state index contributed by atoms with van der Waals surface area (Å²) >= 11 is 1.34. The van der Waals surface area contributed by atoms with E-state index >= 15 is 0 Å². The SMILES string of the molecule is CCOC(=O)c1cscc1C(=O)C(C)(C)C. The van der Waals surface area contributed by atoms with Gasteiger partial charge in [-0.15, -0.1) is 0 Å². The van der Waals surface area contributed by atoms with Crippen molar-refractivity contribution in [3.05, 3.63) is 21.9 Å². The molecule has 0 aliphatic rings. The molecular weight excluding hydrogens is 224 g/mol. The van der Waals surface area contributed by atoms with Crippen molar-refractivity contribution in [2.75, 3.05) is 6.61 Å². The summed E-state index contributed by atoms with van der Waals surface area (Å²) in [5.41, 5.74) is 0.366. The van der Waals surface area contributed by atoms with Gasteiger partial charge in [-0.05, 0) is 6.92 Å². The summed E-state index contributed by atoms with van der Waals surface area (Å²) in [6, 6.07) is 0. The van der Waals surface area contributed by atoms with Gasteiger partial charge in [0.1, 0.15) is 0 Å². The molecule has 1 heterocycles. The first-order chi connectivity index (χ1) is 7.38. The van der Waals surface area contributed by atoms with E-state index in [9.17, 15) is 9.59 Å². The Kier molecular flexibility index (Phi) is 3.86. The van der Waals surface area contributed by atoms with Crippen LogP contribution < -0.4 is 0 Å². The summed E-state index contributed by atoms with van der Waals surface area (Å²) in [4.78, 5) is 23.6. The number of esters is 1. The monoisotopic (exact) mass is 240 g/mol. The van der Waals surface area contributed by atoms with E-state index in [1.807, 2.05) is 20.8 Å². The van der Waals surface area contributed by atoms with Crippen LogP contribution in [0.25, 0.3) is 0 Å². The molecule has 0 radical (unpaired) electrons. The number of carbonyl (C=O) groups excluding carboxylic acids is 2. The van der Waals surface area contributed by atoms with Gasteiger partial charge in [-0.25, -0.2) is 4.79 Å². The summed E-state index contributed by atoms with van der Waals surface area (Å²) in [5, 5.41) is 3.37. The van der Waals surface area contributed by atoms with Crippen molar-refractivity contribution in [2.24, 2.45) is 5.41 Å². The average Bonchev–Trinajstić information content (AvgIpc) is 2.63. The second-order valence-corrected chi connectivity index (χ2v) is 5.24. The van der Waals surface area contributed by atoms with E-state index in [2.05, 4.69) is 0 Å². The number of carbonyl (C=O) groups is 2. The van der Waals surface area contributed by atoms with Gasteiger partial charge in [-0.3, -0.25) is 4.79 Å². The van der Waals surface area contributed by atoms with Crippen molar-refractivity contribution < 1.29 is 14.3 Å². The minimum Gasteiger partial charge on any atom is -0.462 e. The Morgan fingerprint density at radius 2 is 1.81 bits per heavy atom.